The topological polar surface area (TPSA) is 57.5 Å². The molecule has 0 amide bonds. The number of unbranched alkanes of at least 4 members (excludes halogenated alkanes) is 11. The number of carbonyl (C=O) groups is 1. The fourth-order valence-corrected chi connectivity index (χ4v) is 6.12. The lowest BCUT2D eigenvalue weighted by Crippen LogP contribution is -2.31. The molecule has 1 aromatic heterocycles. The van der Waals surface area contributed by atoms with E-state index in [-0.39, 0.29) is 24.4 Å². The normalized spacial score (nSPS) is 21.1. The number of hydrogen-bond acceptors (Lipinski definition) is 3. The summed E-state index contributed by atoms with van der Waals surface area (Å²) in [6.45, 7) is 2.27. The van der Waals surface area contributed by atoms with E-state index in [4.69, 9.17) is 5.11 Å². The number of aliphatic carboxylic acids is 1. The van der Waals surface area contributed by atoms with Crippen molar-refractivity contribution in [2.24, 2.45) is 5.92 Å². The molecule has 1 aliphatic rings. The van der Waals surface area contributed by atoms with Gasteiger partial charge in [-0.25, -0.2) is 0 Å². The van der Waals surface area contributed by atoms with Gasteiger partial charge < -0.3 is 10.2 Å². The number of aliphatic hydroxyl groups is 1. The maximum absolute atomic E-state index is 11.1. The van der Waals surface area contributed by atoms with Crippen molar-refractivity contribution in [1.29, 1.82) is 0 Å². The number of carboxylic acid groups (broad SMARTS) is 1. The predicted octanol–water partition coefficient (Wildman–Crippen LogP) is 8.49. The number of hydrogen-bond donors (Lipinski definition) is 2. The Labute approximate surface area is 200 Å². The summed E-state index contributed by atoms with van der Waals surface area (Å²) in [6, 6.07) is 4.13. The molecule has 1 aromatic rings. The molecule has 32 heavy (non-hydrogen) atoms. The van der Waals surface area contributed by atoms with Crippen molar-refractivity contribution < 1.29 is 15.0 Å². The summed E-state index contributed by atoms with van der Waals surface area (Å²) in [5.74, 6) is -0.411. The first-order chi connectivity index (χ1) is 15.6. The highest BCUT2D eigenvalue weighted by atomic mass is 32.1. The zero-order chi connectivity index (χ0) is 23.0. The quantitative estimate of drug-likeness (QED) is 0.180. The molecule has 1 heterocycles. The van der Waals surface area contributed by atoms with Gasteiger partial charge in [-0.1, -0.05) is 88.8 Å². The van der Waals surface area contributed by atoms with Crippen molar-refractivity contribution in [3.05, 3.63) is 34.0 Å². The van der Waals surface area contributed by atoms with E-state index in [1.54, 1.807) is 11.3 Å². The molecule has 1 saturated carbocycles. The number of aliphatic hydroxyl groups excluding tert-OH is 1. The van der Waals surface area contributed by atoms with E-state index < -0.39 is 5.97 Å². The third kappa shape index (κ3) is 10.7. The Morgan fingerprint density at radius 2 is 1.75 bits per heavy atom. The van der Waals surface area contributed by atoms with Crippen molar-refractivity contribution in [3.63, 3.8) is 0 Å². The van der Waals surface area contributed by atoms with Crippen LogP contribution in [0.15, 0.2) is 29.2 Å². The molecule has 4 heteroatoms. The minimum atomic E-state index is -0.746. The lowest BCUT2D eigenvalue weighted by molar-refractivity contribution is -0.137. The van der Waals surface area contributed by atoms with E-state index in [1.807, 2.05) is 6.07 Å². The van der Waals surface area contributed by atoms with Crippen LogP contribution in [0.1, 0.15) is 127 Å². The second-order valence-electron chi connectivity index (χ2n) is 9.71. The lowest BCUT2D eigenvalue weighted by atomic mass is 9.73. The average molecular weight is 463 g/mol. The monoisotopic (exact) mass is 462 g/mol. The fourth-order valence-electron chi connectivity index (χ4n) is 5.18. The first-order valence-corrected chi connectivity index (χ1v) is 14.1. The van der Waals surface area contributed by atoms with E-state index >= 15 is 0 Å². The van der Waals surface area contributed by atoms with Crippen molar-refractivity contribution in [2.75, 3.05) is 0 Å². The van der Waals surface area contributed by atoms with Gasteiger partial charge in [0.2, 0.25) is 0 Å². The molecule has 1 aliphatic carbocycles. The molecule has 3 unspecified atom stereocenters. The van der Waals surface area contributed by atoms with E-state index in [1.165, 1.54) is 81.1 Å². The van der Waals surface area contributed by atoms with Crippen molar-refractivity contribution in [1.82, 2.24) is 0 Å². The second kappa shape index (κ2) is 16.5. The predicted molar refractivity (Wildman–Crippen MR) is 136 cm³/mol. The standard InChI is InChI=1S/C28H46O3S/c1-2-3-4-5-6-7-8-9-10-11-12-13-15-23-17-18-24(26(29)22-23)25(19-20-28(30)31)27-16-14-21-32-27/h14-16,21,24-26,29H,2-13,17-20,22H2,1H3,(H,30,31). The van der Waals surface area contributed by atoms with E-state index in [0.717, 1.165) is 25.7 Å². The fraction of sp³-hybridized carbons (Fsp3) is 0.750. The van der Waals surface area contributed by atoms with Gasteiger partial charge in [0.1, 0.15) is 0 Å². The van der Waals surface area contributed by atoms with Gasteiger partial charge in [-0.3, -0.25) is 4.79 Å². The number of thiophene rings is 1. The van der Waals surface area contributed by atoms with Crippen molar-refractivity contribution >= 4 is 17.3 Å². The van der Waals surface area contributed by atoms with Gasteiger partial charge in [-0.05, 0) is 61.8 Å². The Morgan fingerprint density at radius 1 is 1.09 bits per heavy atom. The summed E-state index contributed by atoms with van der Waals surface area (Å²) in [4.78, 5) is 12.3. The minimum absolute atomic E-state index is 0.161. The zero-order valence-electron chi connectivity index (χ0n) is 20.3. The summed E-state index contributed by atoms with van der Waals surface area (Å²) >= 11 is 1.69. The average Bonchev–Trinajstić information content (AvgIpc) is 3.30. The third-order valence-corrected chi connectivity index (χ3v) is 8.10. The third-order valence-electron chi connectivity index (χ3n) is 7.10. The van der Waals surface area contributed by atoms with E-state index in [9.17, 15) is 9.90 Å². The molecule has 3 nitrogen and oxygen atoms in total. The van der Waals surface area contributed by atoms with Gasteiger partial charge in [0.05, 0.1) is 6.10 Å². The first-order valence-electron chi connectivity index (χ1n) is 13.2. The van der Waals surface area contributed by atoms with Crippen LogP contribution in [0.5, 0.6) is 0 Å². The minimum Gasteiger partial charge on any atom is -0.481 e. The molecule has 0 saturated heterocycles. The van der Waals surface area contributed by atoms with Crippen LogP contribution < -0.4 is 0 Å². The van der Waals surface area contributed by atoms with Crippen LogP contribution in [-0.2, 0) is 4.79 Å². The molecule has 1 fully saturated rings. The van der Waals surface area contributed by atoms with E-state index in [2.05, 4.69) is 24.4 Å². The lowest BCUT2D eigenvalue weighted by Gasteiger charge is -2.35. The Morgan fingerprint density at radius 3 is 2.31 bits per heavy atom. The molecule has 182 valence electrons. The highest BCUT2D eigenvalue weighted by Gasteiger charge is 2.33. The van der Waals surface area contributed by atoms with Gasteiger partial charge in [-0.15, -0.1) is 11.3 Å². The SMILES string of the molecule is CCCCCCCCCCCCCC=C1CCC(C(CCC(=O)O)c2cccs2)C(O)C1. The summed E-state index contributed by atoms with van der Waals surface area (Å²) in [5, 5.41) is 22.1. The second-order valence-corrected chi connectivity index (χ2v) is 10.7. The molecule has 0 bridgehead atoms. The van der Waals surface area contributed by atoms with Crippen LogP contribution >= 0.6 is 11.3 Å². The summed E-state index contributed by atoms with van der Waals surface area (Å²) in [7, 11) is 0. The van der Waals surface area contributed by atoms with Crippen LogP contribution in [0.2, 0.25) is 0 Å². The molecule has 0 aliphatic heterocycles. The Hall–Kier alpha value is -1.13. The summed E-state index contributed by atoms with van der Waals surface area (Å²) in [6.07, 6.45) is 21.8. The van der Waals surface area contributed by atoms with Crippen LogP contribution in [0, 0.1) is 5.92 Å². The van der Waals surface area contributed by atoms with Crippen LogP contribution in [-0.4, -0.2) is 22.3 Å². The summed E-state index contributed by atoms with van der Waals surface area (Å²) < 4.78 is 0. The molecular formula is C28H46O3S. The van der Waals surface area contributed by atoms with Crippen LogP contribution in [0.3, 0.4) is 0 Å². The highest BCUT2D eigenvalue weighted by molar-refractivity contribution is 7.10. The molecule has 0 aromatic carbocycles. The van der Waals surface area contributed by atoms with Gasteiger partial charge in [0.15, 0.2) is 0 Å². The van der Waals surface area contributed by atoms with E-state index in [0.29, 0.717) is 6.42 Å². The first kappa shape index (κ1) is 27.1. The maximum Gasteiger partial charge on any atom is 0.303 e. The van der Waals surface area contributed by atoms with Gasteiger partial charge in [-0.2, -0.15) is 0 Å². The molecular weight excluding hydrogens is 416 g/mol. The zero-order valence-corrected chi connectivity index (χ0v) is 21.1. The Balaban J connectivity index is 1.62. The molecule has 3 atom stereocenters. The molecule has 2 N–H and O–H groups in total. The Kier molecular flexibility index (Phi) is 14.0. The number of carboxylic acids is 1. The van der Waals surface area contributed by atoms with Gasteiger partial charge >= 0.3 is 5.97 Å². The van der Waals surface area contributed by atoms with Crippen molar-refractivity contribution in [2.45, 2.75) is 128 Å². The van der Waals surface area contributed by atoms with Gasteiger partial charge in [0, 0.05) is 11.3 Å². The van der Waals surface area contributed by atoms with Crippen molar-refractivity contribution in [3.8, 4) is 0 Å². The number of allylic oxidation sites excluding steroid dienone is 1. The molecule has 0 spiro atoms. The highest BCUT2D eigenvalue weighted by Crippen LogP contribution is 2.42. The molecule has 2 rings (SSSR count). The Bertz CT molecular complexity index is 637. The summed E-state index contributed by atoms with van der Waals surface area (Å²) in [5.41, 5.74) is 1.41. The largest absolute Gasteiger partial charge is 0.481 e. The number of rotatable bonds is 17. The maximum atomic E-state index is 11.1. The molecule has 0 radical (unpaired) electrons. The smallest absolute Gasteiger partial charge is 0.303 e. The van der Waals surface area contributed by atoms with Crippen LogP contribution in [0.25, 0.3) is 0 Å². The van der Waals surface area contributed by atoms with Crippen LogP contribution in [0.4, 0.5) is 0 Å². The van der Waals surface area contributed by atoms with Gasteiger partial charge in [0.25, 0.3) is 0 Å².